The standard InChI is InChI=1S/C25H28N6O3S/c1-4-34-20-12-16(24(32)31-10-6-5-7-11-31)8-9-17(20)28-21-13-18-19(14-26-21)30(3)25(33)22-23(29(18)2)27-15-35-22/h8-9,12-15H,4-7,10-11H2,1-3H3,(H,26,28). The predicted molar refractivity (Wildman–Crippen MR) is 138 cm³/mol. The van der Waals surface area contributed by atoms with Crippen molar-refractivity contribution in [2.75, 3.05) is 48.9 Å². The highest BCUT2D eigenvalue weighted by Gasteiger charge is 2.30. The highest BCUT2D eigenvalue weighted by molar-refractivity contribution is 7.12. The van der Waals surface area contributed by atoms with E-state index in [1.54, 1.807) is 29.7 Å². The number of hydrogen-bond donors (Lipinski definition) is 1. The van der Waals surface area contributed by atoms with E-state index in [2.05, 4.69) is 15.3 Å². The Labute approximate surface area is 208 Å². The molecule has 0 spiro atoms. The van der Waals surface area contributed by atoms with Crippen LogP contribution in [0.2, 0.25) is 0 Å². The number of nitrogens with zero attached hydrogens (tertiary/aromatic N) is 5. The SMILES string of the molecule is CCOc1cc(C(=O)N2CCCCC2)ccc1Nc1cc2c(cn1)N(C)C(=O)c1scnc1N2C. The first-order chi connectivity index (χ1) is 17.0. The van der Waals surface area contributed by atoms with Crippen LogP contribution in [0.1, 0.15) is 46.2 Å². The van der Waals surface area contributed by atoms with Crippen LogP contribution in [0, 0.1) is 0 Å². The van der Waals surface area contributed by atoms with Crippen molar-refractivity contribution < 1.29 is 14.3 Å². The van der Waals surface area contributed by atoms with Gasteiger partial charge >= 0.3 is 0 Å². The van der Waals surface area contributed by atoms with Gasteiger partial charge in [-0.2, -0.15) is 0 Å². The van der Waals surface area contributed by atoms with Gasteiger partial charge < -0.3 is 24.8 Å². The summed E-state index contributed by atoms with van der Waals surface area (Å²) in [5, 5.41) is 3.33. The Morgan fingerprint density at radius 1 is 1.09 bits per heavy atom. The van der Waals surface area contributed by atoms with Crippen molar-refractivity contribution in [3.8, 4) is 5.75 Å². The smallest absolute Gasteiger partial charge is 0.272 e. The van der Waals surface area contributed by atoms with E-state index < -0.39 is 0 Å². The zero-order valence-electron chi connectivity index (χ0n) is 20.1. The van der Waals surface area contributed by atoms with E-state index >= 15 is 0 Å². The van der Waals surface area contributed by atoms with Gasteiger partial charge in [0.1, 0.15) is 16.4 Å². The van der Waals surface area contributed by atoms with E-state index in [4.69, 9.17) is 4.74 Å². The second-order valence-corrected chi connectivity index (χ2v) is 9.46. The number of rotatable bonds is 5. The van der Waals surface area contributed by atoms with Gasteiger partial charge in [0.05, 0.1) is 35.4 Å². The molecule has 1 saturated heterocycles. The number of anilines is 5. The number of hydrogen-bond acceptors (Lipinski definition) is 8. The summed E-state index contributed by atoms with van der Waals surface area (Å²) >= 11 is 1.33. The van der Waals surface area contributed by atoms with Crippen LogP contribution in [0.25, 0.3) is 0 Å². The van der Waals surface area contributed by atoms with Crippen LogP contribution in [0.5, 0.6) is 5.75 Å². The molecule has 2 aromatic heterocycles. The zero-order chi connectivity index (χ0) is 24.5. The Hall–Kier alpha value is -3.66. The van der Waals surface area contributed by atoms with Crippen molar-refractivity contribution in [2.24, 2.45) is 0 Å². The third-order valence-electron chi connectivity index (χ3n) is 6.38. The number of piperidine rings is 1. The number of amides is 2. The number of ether oxygens (including phenoxy) is 1. The van der Waals surface area contributed by atoms with Gasteiger partial charge in [-0.25, -0.2) is 9.97 Å². The third kappa shape index (κ3) is 4.29. The minimum atomic E-state index is -0.108. The maximum atomic E-state index is 13.0. The summed E-state index contributed by atoms with van der Waals surface area (Å²) in [6, 6.07) is 7.36. The van der Waals surface area contributed by atoms with Gasteiger partial charge in [0, 0.05) is 38.8 Å². The molecule has 0 radical (unpaired) electrons. The monoisotopic (exact) mass is 492 g/mol. The maximum Gasteiger partial charge on any atom is 0.272 e. The number of nitrogens with one attached hydrogen (secondary N) is 1. The molecule has 0 bridgehead atoms. The van der Waals surface area contributed by atoms with Crippen LogP contribution in [0.15, 0.2) is 36.0 Å². The van der Waals surface area contributed by atoms with Crippen LogP contribution >= 0.6 is 11.3 Å². The summed E-state index contributed by atoms with van der Waals surface area (Å²) < 4.78 is 5.88. The average molecular weight is 493 g/mol. The summed E-state index contributed by atoms with van der Waals surface area (Å²) in [5.74, 6) is 1.73. The largest absolute Gasteiger partial charge is 0.492 e. The second-order valence-electron chi connectivity index (χ2n) is 8.61. The van der Waals surface area contributed by atoms with Gasteiger partial charge in [0.2, 0.25) is 0 Å². The molecule has 1 N–H and O–H groups in total. The Morgan fingerprint density at radius 2 is 1.89 bits per heavy atom. The molecule has 2 amide bonds. The summed E-state index contributed by atoms with van der Waals surface area (Å²) in [6.45, 7) is 3.98. The molecule has 35 heavy (non-hydrogen) atoms. The molecule has 10 heteroatoms. The van der Waals surface area contributed by atoms with E-state index in [9.17, 15) is 9.59 Å². The highest BCUT2D eigenvalue weighted by Crippen LogP contribution is 2.41. The lowest BCUT2D eigenvalue weighted by atomic mass is 10.1. The van der Waals surface area contributed by atoms with E-state index in [-0.39, 0.29) is 11.8 Å². The topological polar surface area (TPSA) is 90.9 Å². The van der Waals surface area contributed by atoms with Crippen molar-refractivity contribution >= 4 is 51.8 Å². The van der Waals surface area contributed by atoms with Gasteiger partial charge in [-0.1, -0.05) is 0 Å². The zero-order valence-corrected chi connectivity index (χ0v) is 20.9. The number of aromatic nitrogens is 2. The molecular formula is C25H28N6O3S. The Balaban J connectivity index is 1.45. The van der Waals surface area contributed by atoms with E-state index in [0.29, 0.717) is 45.8 Å². The minimum Gasteiger partial charge on any atom is -0.492 e. The number of benzene rings is 1. The maximum absolute atomic E-state index is 13.0. The molecule has 5 rings (SSSR count). The summed E-state index contributed by atoms with van der Waals surface area (Å²) in [6.07, 6.45) is 4.95. The molecule has 0 saturated carbocycles. The fraction of sp³-hybridized carbons (Fsp3) is 0.360. The fourth-order valence-electron chi connectivity index (χ4n) is 4.49. The first kappa shape index (κ1) is 23.1. The van der Waals surface area contributed by atoms with Crippen LogP contribution in [-0.2, 0) is 0 Å². The fourth-order valence-corrected chi connectivity index (χ4v) is 5.28. The number of fused-ring (bicyclic) bond motifs is 2. The molecule has 3 aromatic rings. The molecule has 4 heterocycles. The third-order valence-corrected chi connectivity index (χ3v) is 7.19. The molecule has 1 fully saturated rings. The van der Waals surface area contributed by atoms with Crippen molar-refractivity contribution in [3.05, 3.63) is 46.4 Å². The van der Waals surface area contributed by atoms with Crippen molar-refractivity contribution in [1.82, 2.24) is 14.9 Å². The lowest BCUT2D eigenvalue weighted by molar-refractivity contribution is 0.0723. The van der Waals surface area contributed by atoms with Crippen LogP contribution in [0.3, 0.4) is 0 Å². The first-order valence-electron chi connectivity index (χ1n) is 11.8. The van der Waals surface area contributed by atoms with Gasteiger partial charge in [-0.05, 0) is 44.4 Å². The van der Waals surface area contributed by atoms with Gasteiger partial charge in [0.25, 0.3) is 11.8 Å². The summed E-state index contributed by atoms with van der Waals surface area (Å²) in [7, 11) is 3.63. The minimum absolute atomic E-state index is 0.0359. The summed E-state index contributed by atoms with van der Waals surface area (Å²) in [4.78, 5) is 40.8. The van der Waals surface area contributed by atoms with Gasteiger partial charge in [-0.15, -0.1) is 11.3 Å². The molecule has 182 valence electrons. The quantitative estimate of drug-likeness (QED) is 0.554. The van der Waals surface area contributed by atoms with E-state index in [1.165, 1.54) is 17.8 Å². The van der Waals surface area contributed by atoms with Crippen LogP contribution in [-0.4, -0.2) is 60.5 Å². The lowest BCUT2D eigenvalue weighted by Gasteiger charge is -2.27. The number of pyridine rings is 1. The molecular weight excluding hydrogens is 464 g/mol. The van der Waals surface area contributed by atoms with Crippen LogP contribution < -0.4 is 19.9 Å². The van der Waals surface area contributed by atoms with E-state index in [0.717, 1.165) is 31.6 Å². The molecule has 0 atom stereocenters. The molecule has 1 aromatic carbocycles. The van der Waals surface area contributed by atoms with E-state index in [1.807, 2.05) is 42.0 Å². The number of carbonyl (C=O) groups excluding carboxylic acids is 2. The summed E-state index contributed by atoms with van der Waals surface area (Å²) in [5.41, 5.74) is 4.51. The molecule has 9 nitrogen and oxygen atoms in total. The Kier molecular flexibility index (Phi) is 6.29. The molecule has 0 aliphatic carbocycles. The molecule has 2 aliphatic rings. The van der Waals surface area contributed by atoms with Crippen molar-refractivity contribution in [3.63, 3.8) is 0 Å². The Bertz CT molecular complexity index is 1270. The van der Waals surface area contributed by atoms with Crippen molar-refractivity contribution in [2.45, 2.75) is 26.2 Å². The first-order valence-corrected chi connectivity index (χ1v) is 12.6. The molecule has 2 aliphatic heterocycles. The molecule has 0 unspecified atom stereocenters. The Morgan fingerprint density at radius 3 is 2.66 bits per heavy atom. The number of thiazole rings is 1. The predicted octanol–water partition coefficient (Wildman–Crippen LogP) is 4.66. The highest BCUT2D eigenvalue weighted by atomic mass is 32.1. The second kappa shape index (κ2) is 9.53. The lowest BCUT2D eigenvalue weighted by Crippen LogP contribution is -2.35. The van der Waals surface area contributed by atoms with Gasteiger partial charge in [-0.3, -0.25) is 9.59 Å². The van der Waals surface area contributed by atoms with Crippen molar-refractivity contribution in [1.29, 1.82) is 0 Å². The van der Waals surface area contributed by atoms with Gasteiger partial charge in [0.15, 0.2) is 5.82 Å². The van der Waals surface area contributed by atoms with Crippen LogP contribution in [0.4, 0.5) is 28.7 Å². The average Bonchev–Trinajstić information content (AvgIpc) is 3.36. The number of carbonyl (C=O) groups is 2. The number of likely N-dealkylation sites (tertiary alicyclic amines) is 1. The normalized spacial score (nSPS) is 15.4.